The van der Waals surface area contributed by atoms with Crippen molar-refractivity contribution in [1.29, 1.82) is 0 Å². The molecule has 9 nitrogen and oxygen atoms in total. The molecule has 0 bridgehead atoms. The van der Waals surface area contributed by atoms with Gasteiger partial charge in [-0.25, -0.2) is 0 Å². The van der Waals surface area contributed by atoms with Crippen molar-refractivity contribution in [3.8, 4) is 0 Å². The molecule has 2 N–H and O–H groups in total. The summed E-state index contributed by atoms with van der Waals surface area (Å²) in [7, 11) is 0. The third-order valence-electron chi connectivity index (χ3n) is 3.60. The zero-order valence-corrected chi connectivity index (χ0v) is 15.5. The third-order valence-corrected chi connectivity index (χ3v) is 3.60. The quantitative estimate of drug-likeness (QED) is 0.517. The Bertz CT molecular complexity index is 661. The van der Waals surface area contributed by atoms with Crippen LogP contribution in [0.1, 0.15) is 51.2 Å². The molecule has 0 aliphatic carbocycles. The van der Waals surface area contributed by atoms with Gasteiger partial charge in [0.1, 0.15) is 12.2 Å². The highest BCUT2D eigenvalue weighted by atomic mass is 16.5. The van der Waals surface area contributed by atoms with Crippen LogP contribution in [0.25, 0.3) is 0 Å². The Hall–Kier alpha value is -2.45. The first-order chi connectivity index (χ1) is 12.1. The molecular weight excluding hydrogens is 320 g/mol. The number of nitrogens with zero attached hydrogens (tertiary/aromatic N) is 6. The Balaban J connectivity index is 1.81. The molecular formula is C16H28N8O. The highest BCUT2D eigenvalue weighted by Gasteiger charge is 2.09. The Morgan fingerprint density at radius 1 is 1.32 bits per heavy atom. The average Bonchev–Trinajstić information content (AvgIpc) is 3.24. The van der Waals surface area contributed by atoms with E-state index in [0.717, 1.165) is 43.7 Å². The van der Waals surface area contributed by atoms with Crippen LogP contribution in [0.3, 0.4) is 0 Å². The highest BCUT2D eigenvalue weighted by Crippen LogP contribution is 2.09. The second-order valence-corrected chi connectivity index (χ2v) is 5.93. The molecule has 0 unspecified atom stereocenters. The molecule has 138 valence electrons. The van der Waals surface area contributed by atoms with Gasteiger partial charge in [0.2, 0.25) is 5.89 Å². The lowest BCUT2D eigenvalue weighted by Gasteiger charge is -2.12. The molecule has 0 saturated heterocycles. The van der Waals surface area contributed by atoms with Gasteiger partial charge < -0.3 is 19.7 Å². The minimum absolute atomic E-state index is 0.269. The van der Waals surface area contributed by atoms with Gasteiger partial charge in [-0.1, -0.05) is 25.9 Å². The van der Waals surface area contributed by atoms with Crippen LogP contribution in [0.5, 0.6) is 0 Å². The summed E-state index contributed by atoms with van der Waals surface area (Å²) in [5.74, 6) is 3.40. The van der Waals surface area contributed by atoms with Gasteiger partial charge in [0.05, 0.1) is 6.54 Å². The summed E-state index contributed by atoms with van der Waals surface area (Å²) in [6.07, 6.45) is 3.25. The van der Waals surface area contributed by atoms with Crippen LogP contribution >= 0.6 is 0 Å². The molecule has 0 aromatic carbocycles. The number of rotatable bonds is 9. The number of aryl methyl sites for hydroxylation is 1. The lowest BCUT2D eigenvalue weighted by molar-refractivity contribution is 0.372. The lowest BCUT2D eigenvalue weighted by atomic mass is 10.2. The van der Waals surface area contributed by atoms with E-state index >= 15 is 0 Å². The van der Waals surface area contributed by atoms with Crippen molar-refractivity contribution in [2.75, 3.05) is 19.6 Å². The molecule has 2 rings (SSSR count). The molecule has 2 heterocycles. The van der Waals surface area contributed by atoms with Crippen LogP contribution < -0.4 is 10.6 Å². The van der Waals surface area contributed by atoms with Crippen LogP contribution in [0.2, 0.25) is 0 Å². The highest BCUT2D eigenvalue weighted by molar-refractivity contribution is 5.79. The zero-order valence-electron chi connectivity index (χ0n) is 15.5. The molecule has 2 aromatic heterocycles. The van der Waals surface area contributed by atoms with Crippen molar-refractivity contribution in [2.24, 2.45) is 4.99 Å². The Labute approximate surface area is 148 Å². The number of nitrogens with one attached hydrogen (secondary N) is 2. The number of aliphatic imine (C=N–C) groups is 1. The number of hydrogen-bond acceptors (Lipinski definition) is 6. The van der Waals surface area contributed by atoms with E-state index in [-0.39, 0.29) is 5.92 Å². The monoisotopic (exact) mass is 348 g/mol. The first-order valence-corrected chi connectivity index (χ1v) is 8.85. The second-order valence-electron chi connectivity index (χ2n) is 5.93. The summed E-state index contributed by atoms with van der Waals surface area (Å²) in [6, 6.07) is 0. The SMILES string of the molecule is CCNC(=NCCc1nc(C(C)C)no1)NCCn1cnnc1CC. The van der Waals surface area contributed by atoms with Gasteiger partial charge >= 0.3 is 0 Å². The van der Waals surface area contributed by atoms with Gasteiger partial charge in [-0.15, -0.1) is 10.2 Å². The lowest BCUT2D eigenvalue weighted by Crippen LogP contribution is -2.39. The zero-order chi connectivity index (χ0) is 18.1. The molecule has 0 aliphatic heterocycles. The Kier molecular flexibility index (Phi) is 7.36. The molecule has 0 fully saturated rings. The number of aromatic nitrogens is 5. The van der Waals surface area contributed by atoms with Crippen molar-refractivity contribution >= 4 is 5.96 Å². The number of guanidine groups is 1. The molecule has 25 heavy (non-hydrogen) atoms. The van der Waals surface area contributed by atoms with Gasteiger partial charge in [0, 0.05) is 38.4 Å². The summed E-state index contributed by atoms with van der Waals surface area (Å²) in [5, 5.41) is 18.5. The van der Waals surface area contributed by atoms with E-state index in [1.165, 1.54) is 0 Å². The molecule has 0 spiro atoms. The summed E-state index contributed by atoms with van der Waals surface area (Å²) >= 11 is 0. The van der Waals surface area contributed by atoms with Crippen LogP contribution in [-0.4, -0.2) is 50.5 Å². The summed E-state index contributed by atoms with van der Waals surface area (Å²) in [5.41, 5.74) is 0. The maximum Gasteiger partial charge on any atom is 0.228 e. The van der Waals surface area contributed by atoms with Gasteiger partial charge in [0.15, 0.2) is 11.8 Å². The van der Waals surface area contributed by atoms with E-state index in [1.807, 2.05) is 25.3 Å². The average molecular weight is 348 g/mol. The van der Waals surface area contributed by atoms with Crippen molar-refractivity contribution in [3.05, 3.63) is 23.9 Å². The van der Waals surface area contributed by atoms with Crippen LogP contribution in [-0.2, 0) is 19.4 Å². The molecule has 0 aliphatic rings. The van der Waals surface area contributed by atoms with Crippen molar-refractivity contribution < 1.29 is 4.52 Å². The van der Waals surface area contributed by atoms with Gasteiger partial charge in [0.25, 0.3) is 0 Å². The summed E-state index contributed by atoms with van der Waals surface area (Å²) in [4.78, 5) is 8.91. The van der Waals surface area contributed by atoms with E-state index in [9.17, 15) is 0 Å². The van der Waals surface area contributed by atoms with E-state index < -0.39 is 0 Å². The second kappa shape index (κ2) is 9.75. The smallest absolute Gasteiger partial charge is 0.228 e. The largest absolute Gasteiger partial charge is 0.357 e. The maximum absolute atomic E-state index is 5.23. The fourth-order valence-electron chi connectivity index (χ4n) is 2.24. The topological polar surface area (TPSA) is 106 Å². The van der Waals surface area contributed by atoms with Gasteiger partial charge in [-0.2, -0.15) is 4.98 Å². The summed E-state index contributed by atoms with van der Waals surface area (Å²) in [6.45, 7) is 11.1. The van der Waals surface area contributed by atoms with Crippen molar-refractivity contribution in [3.63, 3.8) is 0 Å². The van der Waals surface area contributed by atoms with Gasteiger partial charge in [-0.05, 0) is 6.92 Å². The minimum atomic E-state index is 0.269. The van der Waals surface area contributed by atoms with E-state index in [2.05, 4.69) is 42.9 Å². The predicted molar refractivity (Wildman–Crippen MR) is 95.5 cm³/mol. The molecule has 0 amide bonds. The van der Waals surface area contributed by atoms with Crippen molar-refractivity contribution in [2.45, 2.75) is 53.0 Å². The van der Waals surface area contributed by atoms with E-state index in [4.69, 9.17) is 4.52 Å². The Morgan fingerprint density at radius 3 is 2.84 bits per heavy atom. The van der Waals surface area contributed by atoms with Crippen molar-refractivity contribution in [1.82, 2.24) is 35.5 Å². The predicted octanol–water partition coefficient (Wildman–Crippen LogP) is 1.14. The Morgan fingerprint density at radius 2 is 2.16 bits per heavy atom. The third kappa shape index (κ3) is 5.84. The normalized spacial score (nSPS) is 12.0. The standard InChI is InChI=1S/C16H28N8O/c1-5-13-22-20-11-24(13)10-9-19-16(17-6-2)18-8-7-14-21-15(12(3)4)23-25-14/h11-12H,5-10H2,1-4H3,(H2,17,18,19). The first-order valence-electron chi connectivity index (χ1n) is 8.85. The molecule has 0 atom stereocenters. The van der Waals surface area contributed by atoms with Gasteiger partial charge in [-0.3, -0.25) is 4.99 Å². The molecule has 2 aromatic rings. The first kappa shape index (κ1) is 18.9. The van der Waals surface area contributed by atoms with Crippen LogP contribution in [0.4, 0.5) is 0 Å². The molecule has 0 radical (unpaired) electrons. The fourth-order valence-corrected chi connectivity index (χ4v) is 2.24. The van der Waals surface area contributed by atoms with Crippen LogP contribution in [0.15, 0.2) is 15.8 Å². The number of hydrogen-bond donors (Lipinski definition) is 2. The summed E-state index contributed by atoms with van der Waals surface area (Å²) < 4.78 is 7.28. The molecule has 0 saturated carbocycles. The fraction of sp³-hybridized carbons (Fsp3) is 0.688. The van der Waals surface area contributed by atoms with Crippen LogP contribution in [0, 0.1) is 0 Å². The maximum atomic E-state index is 5.23. The van der Waals surface area contributed by atoms with E-state index in [0.29, 0.717) is 18.9 Å². The molecule has 9 heteroatoms. The van der Waals surface area contributed by atoms with E-state index in [1.54, 1.807) is 6.33 Å². The minimum Gasteiger partial charge on any atom is -0.357 e.